The number of sulfonamides is 1. The Morgan fingerprint density at radius 1 is 1.16 bits per heavy atom. The zero-order chi connectivity index (χ0) is 25.6. The molecule has 194 valence electrons. The number of hydrogen-bond acceptors (Lipinski definition) is 6. The van der Waals surface area contributed by atoms with E-state index in [1.807, 2.05) is 0 Å². The highest BCUT2D eigenvalue weighted by Crippen LogP contribution is 2.54. The van der Waals surface area contributed by atoms with Gasteiger partial charge in [-0.15, -0.1) is 0 Å². The fraction of sp³-hybridized carbons (Fsp3) is 0.407. The van der Waals surface area contributed by atoms with E-state index >= 15 is 0 Å². The first kappa shape index (κ1) is 24.3. The van der Waals surface area contributed by atoms with E-state index in [9.17, 15) is 12.8 Å². The maximum atomic E-state index is 14.0. The van der Waals surface area contributed by atoms with Crippen LogP contribution in [-0.4, -0.2) is 67.8 Å². The van der Waals surface area contributed by atoms with Gasteiger partial charge in [-0.2, -0.15) is 9.40 Å². The molecule has 0 spiro atoms. The van der Waals surface area contributed by atoms with Gasteiger partial charge in [0.15, 0.2) is 0 Å². The Balaban J connectivity index is 1.42. The Morgan fingerprint density at radius 2 is 1.95 bits per heavy atom. The van der Waals surface area contributed by atoms with Crippen molar-refractivity contribution in [3.63, 3.8) is 0 Å². The summed E-state index contributed by atoms with van der Waals surface area (Å²) in [6.45, 7) is 2.69. The molecule has 2 aliphatic heterocycles. The van der Waals surface area contributed by atoms with Gasteiger partial charge in [0.25, 0.3) is 0 Å². The third kappa shape index (κ3) is 4.07. The van der Waals surface area contributed by atoms with Crippen LogP contribution in [0.5, 0.6) is 0 Å². The molecule has 0 radical (unpaired) electrons. The molecule has 10 heteroatoms. The molecule has 1 N–H and O–H groups in total. The molecule has 1 aliphatic carbocycles. The molecule has 1 aromatic carbocycles. The van der Waals surface area contributed by atoms with Crippen molar-refractivity contribution in [1.29, 1.82) is 0 Å². The number of methoxy groups -OCH3 is 1. The lowest BCUT2D eigenvalue weighted by Crippen LogP contribution is -2.53. The number of hydrogen-bond donors (Lipinski definition) is 1. The number of ether oxygens (including phenoxy) is 1. The van der Waals surface area contributed by atoms with Gasteiger partial charge in [-0.25, -0.2) is 17.8 Å². The molecule has 37 heavy (non-hydrogen) atoms. The second-order valence-electron chi connectivity index (χ2n) is 10.1. The van der Waals surface area contributed by atoms with Crippen LogP contribution < -0.4 is 4.90 Å². The minimum atomic E-state index is -3.80. The molecule has 2 saturated heterocycles. The SMILES string of the molecule is COC[C@@]12CN(S(=O)(=O)c3ccnc(N4CCCC4)c3)CCC1=Cc1[nH]ncc1C2c1ccc(F)cc1. The molecule has 0 amide bonds. The van der Waals surface area contributed by atoms with Crippen molar-refractivity contribution in [1.82, 2.24) is 19.5 Å². The molecule has 3 aliphatic rings. The number of H-pyrrole nitrogens is 1. The predicted octanol–water partition coefficient (Wildman–Crippen LogP) is 3.80. The molecular weight excluding hydrogens is 493 g/mol. The van der Waals surface area contributed by atoms with Crippen LogP contribution in [0.25, 0.3) is 6.08 Å². The summed E-state index contributed by atoms with van der Waals surface area (Å²) in [5.41, 5.74) is 3.19. The van der Waals surface area contributed by atoms with Crippen molar-refractivity contribution in [3.05, 3.63) is 77.0 Å². The number of nitrogens with zero attached hydrogens (tertiary/aromatic N) is 4. The highest BCUT2D eigenvalue weighted by atomic mass is 32.2. The number of halogens is 1. The van der Waals surface area contributed by atoms with Gasteiger partial charge in [-0.05, 0) is 49.1 Å². The van der Waals surface area contributed by atoms with Crippen LogP contribution in [0.3, 0.4) is 0 Å². The summed E-state index contributed by atoms with van der Waals surface area (Å²) in [5, 5.41) is 7.36. The van der Waals surface area contributed by atoms with Crippen molar-refractivity contribution in [2.45, 2.75) is 30.1 Å². The zero-order valence-electron chi connectivity index (χ0n) is 20.7. The predicted molar refractivity (Wildman–Crippen MR) is 138 cm³/mol. The van der Waals surface area contributed by atoms with Crippen molar-refractivity contribution in [2.75, 3.05) is 44.8 Å². The maximum absolute atomic E-state index is 14.0. The Kier molecular flexibility index (Phi) is 6.13. The molecule has 8 nitrogen and oxygen atoms in total. The minimum Gasteiger partial charge on any atom is -0.384 e. The van der Waals surface area contributed by atoms with Gasteiger partial charge in [-0.3, -0.25) is 5.10 Å². The first-order chi connectivity index (χ1) is 17.9. The standard InChI is InChI=1S/C27H30FN5O3S/c1-36-18-27-17-33(37(34,35)22-8-10-29-25(15-22)32-11-2-3-12-32)13-9-20(27)14-24-23(16-30-31-24)26(27)19-4-6-21(28)7-5-19/h4-8,10,14-16,26H,2-3,9,11-13,17-18H2,1H3,(H,30,31)/t26?,27-/m0/s1. The molecule has 3 aromatic rings. The monoisotopic (exact) mass is 523 g/mol. The Morgan fingerprint density at radius 3 is 2.70 bits per heavy atom. The van der Waals surface area contributed by atoms with E-state index in [2.05, 4.69) is 26.2 Å². The van der Waals surface area contributed by atoms with Crippen molar-refractivity contribution in [2.24, 2.45) is 5.41 Å². The Hall–Kier alpha value is -3.08. The number of anilines is 1. The summed E-state index contributed by atoms with van der Waals surface area (Å²) < 4.78 is 49.2. The maximum Gasteiger partial charge on any atom is 0.243 e. The third-order valence-corrected chi connectivity index (χ3v) is 9.84. The summed E-state index contributed by atoms with van der Waals surface area (Å²) in [6, 6.07) is 9.71. The van der Waals surface area contributed by atoms with E-state index in [0.29, 0.717) is 25.4 Å². The number of benzene rings is 1. The lowest BCUT2D eigenvalue weighted by molar-refractivity contribution is 0.0614. The van der Waals surface area contributed by atoms with E-state index in [1.54, 1.807) is 48.1 Å². The van der Waals surface area contributed by atoms with Gasteiger partial charge in [0.1, 0.15) is 11.6 Å². The first-order valence-corrected chi connectivity index (χ1v) is 14.1. The van der Waals surface area contributed by atoms with Crippen LogP contribution in [0.2, 0.25) is 0 Å². The average Bonchev–Trinajstić information content (AvgIpc) is 3.60. The zero-order valence-corrected chi connectivity index (χ0v) is 21.5. The van der Waals surface area contributed by atoms with Crippen LogP contribution in [-0.2, 0) is 14.8 Å². The number of piperidine rings is 1. The van der Waals surface area contributed by atoms with Crippen molar-refractivity contribution in [3.8, 4) is 0 Å². The molecule has 1 unspecified atom stereocenters. The lowest BCUT2D eigenvalue weighted by Gasteiger charge is -2.50. The fourth-order valence-corrected chi connectivity index (χ4v) is 7.79. The van der Waals surface area contributed by atoms with Crippen LogP contribution >= 0.6 is 0 Å². The van der Waals surface area contributed by atoms with Crippen LogP contribution in [0.1, 0.15) is 42.0 Å². The Bertz CT molecular complexity index is 1430. The minimum absolute atomic E-state index is 0.239. The fourth-order valence-electron chi connectivity index (χ4n) is 6.27. The average molecular weight is 524 g/mol. The summed E-state index contributed by atoms with van der Waals surface area (Å²) in [6.07, 6.45) is 8.18. The summed E-state index contributed by atoms with van der Waals surface area (Å²) >= 11 is 0. The molecule has 6 rings (SSSR count). The van der Waals surface area contributed by atoms with Gasteiger partial charge in [0.05, 0.1) is 23.4 Å². The largest absolute Gasteiger partial charge is 0.384 e. The van der Waals surface area contributed by atoms with E-state index in [4.69, 9.17) is 4.74 Å². The summed E-state index contributed by atoms with van der Waals surface area (Å²) in [7, 11) is -2.16. The molecule has 4 heterocycles. The number of aromatic amines is 1. The Labute approximate surface area is 216 Å². The van der Waals surface area contributed by atoms with Crippen LogP contribution in [0.15, 0.2) is 59.3 Å². The molecule has 2 aromatic heterocycles. The molecule has 2 fully saturated rings. The summed E-state index contributed by atoms with van der Waals surface area (Å²) in [5.74, 6) is 0.132. The van der Waals surface area contributed by atoms with Gasteiger partial charge in [-0.1, -0.05) is 17.7 Å². The smallest absolute Gasteiger partial charge is 0.243 e. The van der Waals surface area contributed by atoms with E-state index in [-0.39, 0.29) is 23.2 Å². The molecule has 0 bridgehead atoms. The van der Waals surface area contributed by atoms with E-state index < -0.39 is 15.4 Å². The second kappa shape index (κ2) is 9.34. The van der Waals surface area contributed by atoms with Gasteiger partial charge in [0, 0.05) is 62.4 Å². The number of fused-ring (bicyclic) bond motifs is 2. The lowest BCUT2D eigenvalue weighted by atomic mass is 9.60. The van der Waals surface area contributed by atoms with E-state index in [0.717, 1.165) is 48.3 Å². The topological polar surface area (TPSA) is 91.4 Å². The van der Waals surface area contributed by atoms with Gasteiger partial charge >= 0.3 is 0 Å². The quantitative estimate of drug-likeness (QED) is 0.529. The molecule has 2 atom stereocenters. The number of aromatic nitrogens is 3. The van der Waals surface area contributed by atoms with Crippen molar-refractivity contribution < 1.29 is 17.5 Å². The van der Waals surface area contributed by atoms with Crippen LogP contribution in [0.4, 0.5) is 10.2 Å². The third-order valence-electron chi connectivity index (χ3n) is 8.00. The molecular formula is C27H30FN5O3S. The van der Waals surface area contributed by atoms with E-state index in [1.165, 1.54) is 12.1 Å². The first-order valence-electron chi connectivity index (χ1n) is 12.6. The number of rotatable bonds is 6. The van der Waals surface area contributed by atoms with Gasteiger partial charge in [0.2, 0.25) is 10.0 Å². The number of pyridine rings is 1. The van der Waals surface area contributed by atoms with Crippen molar-refractivity contribution >= 4 is 21.9 Å². The highest BCUT2D eigenvalue weighted by molar-refractivity contribution is 7.89. The normalized spacial score (nSPS) is 24.0. The summed E-state index contributed by atoms with van der Waals surface area (Å²) in [4.78, 5) is 6.83. The number of nitrogens with one attached hydrogen (secondary N) is 1. The molecule has 0 saturated carbocycles. The highest BCUT2D eigenvalue weighted by Gasteiger charge is 2.52. The second-order valence-corrected chi connectivity index (χ2v) is 12.1. The van der Waals surface area contributed by atoms with Gasteiger partial charge < -0.3 is 9.64 Å². The van der Waals surface area contributed by atoms with Crippen LogP contribution in [0, 0.1) is 11.2 Å².